The minimum absolute atomic E-state index is 0.0654. The Balaban J connectivity index is 2.33. The lowest BCUT2D eigenvalue weighted by molar-refractivity contribution is 0.105. The van der Waals surface area contributed by atoms with E-state index < -0.39 is 0 Å². The first-order valence-electron chi connectivity index (χ1n) is 7.72. The second-order valence-electron chi connectivity index (χ2n) is 6.33. The van der Waals surface area contributed by atoms with E-state index in [0.717, 1.165) is 33.4 Å². The van der Waals surface area contributed by atoms with Crippen LogP contribution >= 0.6 is 8.58 Å². The molecule has 2 rings (SSSR count). The standard InChI is InChI=1S/C20H23O2P/c1-11-7-13(3)17(14(4)8-11)19(21)23-20(22)18-15(5)9-12(2)10-16(18)6/h7-10,23H,1-6H3. The van der Waals surface area contributed by atoms with Crippen molar-refractivity contribution in [3.05, 3.63) is 68.8 Å². The van der Waals surface area contributed by atoms with Crippen LogP contribution in [0.25, 0.3) is 0 Å². The number of hydrogen-bond acceptors (Lipinski definition) is 2. The van der Waals surface area contributed by atoms with E-state index in [2.05, 4.69) is 0 Å². The van der Waals surface area contributed by atoms with E-state index in [9.17, 15) is 9.59 Å². The highest BCUT2D eigenvalue weighted by Gasteiger charge is 2.20. The molecule has 0 aliphatic heterocycles. The quantitative estimate of drug-likeness (QED) is 0.724. The van der Waals surface area contributed by atoms with Gasteiger partial charge >= 0.3 is 0 Å². The lowest BCUT2D eigenvalue weighted by Gasteiger charge is -2.12. The normalized spacial score (nSPS) is 10.7. The average Bonchev–Trinajstić information content (AvgIpc) is 2.35. The summed E-state index contributed by atoms with van der Waals surface area (Å²) >= 11 is 0. The van der Waals surface area contributed by atoms with Gasteiger partial charge in [0.05, 0.1) is 0 Å². The summed E-state index contributed by atoms with van der Waals surface area (Å²) < 4.78 is 0. The summed E-state index contributed by atoms with van der Waals surface area (Å²) in [5, 5.41) is 0. The van der Waals surface area contributed by atoms with Crippen molar-refractivity contribution in [1.82, 2.24) is 0 Å². The number of benzene rings is 2. The molecule has 0 spiro atoms. The van der Waals surface area contributed by atoms with Crippen molar-refractivity contribution >= 4 is 19.6 Å². The second kappa shape index (κ2) is 6.76. The van der Waals surface area contributed by atoms with E-state index in [1.165, 1.54) is 0 Å². The molecule has 0 saturated heterocycles. The molecule has 0 amide bonds. The minimum atomic E-state index is -0.364. The maximum absolute atomic E-state index is 12.7. The molecule has 2 nitrogen and oxygen atoms in total. The zero-order valence-corrected chi connectivity index (χ0v) is 15.6. The maximum atomic E-state index is 12.7. The SMILES string of the molecule is Cc1cc(C)c(C(=O)PC(=O)c2c(C)cc(C)cc2C)c(C)c1. The Morgan fingerprint density at radius 2 is 0.870 bits per heavy atom. The molecular formula is C20H23O2P. The van der Waals surface area contributed by atoms with Crippen molar-refractivity contribution in [2.45, 2.75) is 41.5 Å². The molecule has 3 heteroatoms. The van der Waals surface area contributed by atoms with Gasteiger partial charge in [-0.25, -0.2) is 0 Å². The Hall–Kier alpha value is -1.79. The predicted molar refractivity (Wildman–Crippen MR) is 98.3 cm³/mol. The topological polar surface area (TPSA) is 34.1 Å². The molecular weight excluding hydrogens is 303 g/mol. The van der Waals surface area contributed by atoms with E-state index in [1.807, 2.05) is 65.8 Å². The molecule has 0 bridgehead atoms. The first-order valence-corrected chi connectivity index (χ1v) is 8.72. The molecule has 0 saturated carbocycles. The smallest absolute Gasteiger partial charge is 0.189 e. The fraction of sp³-hybridized carbons (Fsp3) is 0.300. The van der Waals surface area contributed by atoms with Crippen LogP contribution in [0.15, 0.2) is 24.3 Å². The summed E-state index contributed by atoms with van der Waals surface area (Å²) in [6, 6.07) is 7.99. The van der Waals surface area contributed by atoms with Crippen LogP contribution in [0.2, 0.25) is 0 Å². The largest absolute Gasteiger partial charge is 0.289 e. The fourth-order valence-electron chi connectivity index (χ4n) is 3.30. The highest BCUT2D eigenvalue weighted by molar-refractivity contribution is 7.75. The molecule has 0 unspecified atom stereocenters. The molecule has 2 aromatic carbocycles. The van der Waals surface area contributed by atoms with E-state index in [4.69, 9.17) is 0 Å². The van der Waals surface area contributed by atoms with E-state index >= 15 is 0 Å². The third-order valence-corrected chi connectivity index (χ3v) is 4.99. The lowest BCUT2D eigenvalue weighted by Crippen LogP contribution is -2.06. The Bertz CT molecular complexity index is 690. The first-order chi connectivity index (χ1) is 10.7. The zero-order valence-electron chi connectivity index (χ0n) is 14.6. The van der Waals surface area contributed by atoms with Crippen LogP contribution in [0.3, 0.4) is 0 Å². The van der Waals surface area contributed by atoms with E-state index in [1.54, 1.807) is 0 Å². The highest BCUT2D eigenvalue weighted by atomic mass is 31.1. The summed E-state index contributed by atoms with van der Waals surface area (Å²) in [5.74, 6) is 0. The van der Waals surface area contributed by atoms with E-state index in [0.29, 0.717) is 11.1 Å². The summed E-state index contributed by atoms with van der Waals surface area (Å²) in [7, 11) is -0.364. The number of carbonyl (C=O) groups excluding carboxylic acids is 2. The second-order valence-corrected chi connectivity index (χ2v) is 7.49. The van der Waals surface area contributed by atoms with Crippen molar-refractivity contribution in [3.8, 4) is 0 Å². The summed E-state index contributed by atoms with van der Waals surface area (Å²) in [6.45, 7) is 11.8. The number of hydrogen-bond donors (Lipinski definition) is 0. The van der Waals surface area contributed by atoms with Gasteiger partial charge in [0.2, 0.25) is 0 Å². The van der Waals surface area contributed by atoms with Crippen LogP contribution < -0.4 is 0 Å². The van der Waals surface area contributed by atoms with Crippen molar-refractivity contribution in [2.24, 2.45) is 0 Å². The number of aryl methyl sites for hydroxylation is 6. The average molecular weight is 326 g/mol. The zero-order chi connectivity index (χ0) is 17.3. The van der Waals surface area contributed by atoms with Gasteiger partial charge in [-0.15, -0.1) is 0 Å². The number of carbonyl (C=O) groups is 2. The van der Waals surface area contributed by atoms with Gasteiger partial charge in [-0.05, 0) is 63.8 Å². The maximum Gasteiger partial charge on any atom is 0.189 e. The molecule has 0 radical (unpaired) electrons. The van der Waals surface area contributed by atoms with Crippen LogP contribution in [0, 0.1) is 41.5 Å². The molecule has 0 fully saturated rings. The van der Waals surface area contributed by atoms with Crippen molar-refractivity contribution in [1.29, 1.82) is 0 Å². The van der Waals surface area contributed by atoms with Gasteiger partial charge in [-0.1, -0.05) is 35.4 Å². The van der Waals surface area contributed by atoms with Gasteiger partial charge in [0.1, 0.15) is 0 Å². The number of rotatable bonds is 4. The van der Waals surface area contributed by atoms with Gasteiger partial charge < -0.3 is 0 Å². The minimum Gasteiger partial charge on any atom is -0.289 e. The van der Waals surface area contributed by atoms with Crippen LogP contribution in [-0.4, -0.2) is 11.0 Å². The molecule has 0 heterocycles. The lowest BCUT2D eigenvalue weighted by atomic mass is 10.0. The Morgan fingerprint density at radius 1 is 0.609 bits per heavy atom. The molecule has 0 atom stereocenters. The van der Waals surface area contributed by atoms with Crippen LogP contribution in [0.5, 0.6) is 0 Å². The van der Waals surface area contributed by atoms with Crippen molar-refractivity contribution < 1.29 is 9.59 Å². The first kappa shape index (κ1) is 17.6. The van der Waals surface area contributed by atoms with Gasteiger partial charge in [0, 0.05) is 19.7 Å². The molecule has 120 valence electrons. The molecule has 0 aliphatic carbocycles. The Morgan fingerprint density at radius 3 is 1.13 bits per heavy atom. The van der Waals surface area contributed by atoms with Crippen molar-refractivity contribution in [2.75, 3.05) is 0 Å². The molecule has 0 aromatic heterocycles. The van der Waals surface area contributed by atoms with Gasteiger partial charge in [0.25, 0.3) is 0 Å². The van der Waals surface area contributed by atoms with Gasteiger partial charge in [-0.2, -0.15) is 0 Å². The Kier molecular flexibility index (Phi) is 5.16. The van der Waals surface area contributed by atoms with Crippen molar-refractivity contribution in [3.63, 3.8) is 0 Å². The highest BCUT2D eigenvalue weighted by Crippen LogP contribution is 2.31. The summed E-state index contributed by atoms with van der Waals surface area (Å²) in [4.78, 5) is 25.3. The molecule has 0 N–H and O–H groups in total. The predicted octanol–water partition coefficient (Wildman–Crippen LogP) is 5.20. The molecule has 23 heavy (non-hydrogen) atoms. The Labute approximate surface area is 140 Å². The van der Waals surface area contributed by atoms with Gasteiger partial charge in [-0.3, -0.25) is 9.59 Å². The van der Waals surface area contributed by atoms with Crippen LogP contribution in [0.4, 0.5) is 0 Å². The summed E-state index contributed by atoms with van der Waals surface area (Å²) in [6.07, 6.45) is 0. The molecule has 0 aliphatic rings. The van der Waals surface area contributed by atoms with Crippen LogP contribution in [0.1, 0.15) is 54.1 Å². The fourth-order valence-corrected chi connectivity index (χ4v) is 4.55. The van der Waals surface area contributed by atoms with Crippen LogP contribution in [-0.2, 0) is 0 Å². The van der Waals surface area contributed by atoms with E-state index in [-0.39, 0.29) is 19.6 Å². The summed E-state index contributed by atoms with van der Waals surface area (Å²) in [5.41, 5.74) is 7.33. The third kappa shape index (κ3) is 3.76. The third-order valence-electron chi connectivity index (χ3n) is 4.04. The monoisotopic (exact) mass is 326 g/mol. The van der Waals surface area contributed by atoms with Gasteiger partial charge in [0.15, 0.2) is 11.0 Å². The molecule has 2 aromatic rings.